The average Bonchev–Trinajstić information content (AvgIpc) is 3.40. The Hall–Kier alpha value is -4.71. The van der Waals surface area contributed by atoms with Crippen LogP contribution >= 0.6 is 11.8 Å². The van der Waals surface area contributed by atoms with Gasteiger partial charge in [0.2, 0.25) is 5.91 Å². The van der Waals surface area contributed by atoms with Crippen molar-refractivity contribution in [1.82, 2.24) is 20.1 Å². The Labute approximate surface area is 234 Å². The third kappa shape index (κ3) is 5.66. The molecule has 204 valence electrons. The summed E-state index contributed by atoms with van der Waals surface area (Å²) < 4.78 is 7.32. The topological polar surface area (TPSA) is 132 Å². The maximum Gasteiger partial charge on any atom is 0.269 e. The van der Waals surface area contributed by atoms with Gasteiger partial charge >= 0.3 is 0 Å². The zero-order chi connectivity index (χ0) is 28.1. The lowest BCUT2D eigenvalue weighted by Gasteiger charge is -2.29. The van der Waals surface area contributed by atoms with Crippen molar-refractivity contribution < 1.29 is 19.2 Å². The number of carbonyl (C=O) groups excluding carboxylic acids is 2. The predicted molar refractivity (Wildman–Crippen MR) is 150 cm³/mol. The van der Waals surface area contributed by atoms with E-state index in [0.717, 1.165) is 24.1 Å². The van der Waals surface area contributed by atoms with Crippen LogP contribution in [-0.2, 0) is 17.8 Å². The number of thioether (sulfide) groups is 1. The van der Waals surface area contributed by atoms with Crippen molar-refractivity contribution in [1.29, 1.82) is 0 Å². The Morgan fingerprint density at radius 3 is 2.50 bits per heavy atom. The minimum atomic E-state index is -0.522. The Bertz CT molecular complexity index is 1560. The normalized spacial score (nSPS) is 12.5. The summed E-state index contributed by atoms with van der Waals surface area (Å²) in [6, 6.07) is 20.6. The highest BCUT2D eigenvalue weighted by Gasteiger charge is 2.24. The van der Waals surface area contributed by atoms with E-state index in [0.29, 0.717) is 29.0 Å². The van der Waals surface area contributed by atoms with Gasteiger partial charge in [-0.2, -0.15) is 0 Å². The molecule has 0 saturated heterocycles. The summed E-state index contributed by atoms with van der Waals surface area (Å²) >= 11 is 1.26. The fraction of sp³-hybridized carbons (Fsp3) is 0.214. The summed E-state index contributed by atoms with van der Waals surface area (Å²) in [5.74, 6) is 0.704. The number of aryl methyl sites for hydroxylation is 1. The van der Waals surface area contributed by atoms with Gasteiger partial charge < -0.3 is 15.0 Å². The van der Waals surface area contributed by atoms with Gasteiger partial charge in [0, 0.05) is 29.9 Å². The van der Waals surface area contributed by atoms with Crippen molar-refractivity contribution >= 4 is 35.0 Å². The number of methoxy groups -OCH3 is 1. The van der Waals surface area contributed by atoms with Crippen molar-refractivity contribution in [2.45, 2.75) is 24.5 Å². The Morgan fingerprint density at radius 2 is 1.75 bits per heavy atom. The van der Waals surface area contributed by atoms with E-state index in [4.69, 9.17) is 4.74 Å². The van der Waals surface area contributed by atoms with E-state index in [1.165, 1.54) is 36.0 Å². The smallest absolute Gasteiger partial charge is 0.269 e. The van der Waals surface area contributed by atoms with E-state index in [2.05, 4.69) is 21.6 Å². The first-order valence-electron chi connectivity index (χ1n) is 12.6. The molecule has 0 spiro atoms. The van der Waals surface area contributed by atoms with Crippen LogP contribution in [0, 0.1) is 10.1 Å². The van der Waals surface area contributed by atoms with Gasteiger partial charge in [0.25, 0.3) is 11.6 Å². The Morgan fingerprint density at radius 1 is 1.02 bits per heavy atom. The molecule has 0 atom stereocenters. The number of hydrogen-bond donors (Lipinski definition) is 1. The fourth-order valence-electron chi connectivity index (χ4n) is 4.56. The van der Waals surface area contributed by atoms with Crippen LogP contribution in [-0.4, -0.2) is 50.9 Å². The molecule has 0 unspecified atom stereocenters. The zero-order valence-corrected chi connectivity index (χ0v) is 22.5. The number of nitro groups is 1. The molecule has 1 aromatic heterocycles. The van der Waals surface area contributed by atoms with Crippen LogP contribution in [0.2, 0.25) is 0 Å². The van der Waals surface area contributed by atoms with E-state index >= 15 is 0 Å². The van der Waals surface area contributed by atoms with Gasteiger partial charge in [0.15, 0.2) is 11.0 Å². The van der Waals surface area contributed by atoms with Crippen molar-refractivity contribution in [3.8, 4) is 11.4 Å². The number of amides is 2. The second-order valence-electron chi connectivity index (χ2n) is 8.96. The molecule has 1 aliphatic rings. The first kappa shape index (κ1) is 26.9. The van der Waals surface area contributed by atoms with Crippen molar-refractivity contribution in [2.24, 2.45) is 0 Å². The molecule has 1 aliphatic heterocycles. The first-order valence-corrected chi connectivity index (χ1v) is 13.6. The molecule has 0 aliphatic carbocycles. The second kappa shape index (κ2) is 12.0. The molecule has 1 N–H and O–H groups in total. The number of aromatic nitrogens is 3. The number of ether oxygens (including phenoxy) is 1. The second-order valence-corrected chi connectivity index (χ2v) is 9.90. The molecule has 2 heterocycles. The van der Waals surface area contributed by atoms with E-state index in [1.807, 2.05) is 41.3 Å². The number of non-ortho nitro benzene ring substituents is 1. The molecular formula is C28H26N6O5S. The van der Waals surface area contributed by atoms with Crippen molar-refractivity contribution in [2.75, 3.05) is 24.3 Å². The van der Waals surface area contributed by atoms with Crippen LogP contribution in [0.5, 0.6) is 5.75 Å². The van der Waals surface area contributed by atoms with Gasteiger partial charge in [-0.15, -0.1) is 10.2 Å². The summed E-state index contributed by atoms with van der Waals surface area (Å²) in [7, 11) is 1.56. The van der Waals surface area contributed by atoms with Crippen LogP contribution in [0.15, 0.2) is 78.0 Å². The first-order chi connectivity index (χ1) is 19.5. The summed E-state index contributed by atoms with van der Waals surface area (Å²) in [5, 5.41) is 22.8. The number of nitro benzene ring substituents is 1. The lowest BCUT2D eigenvalue weighted by molar-refractivity contribution is -0.384. The highest BCUT2D eigenvalue weighted by Crippen LogP contribution is 2.31. The largest absolute Gasteiger partial charge is 0.495 e. The van der Waals surface area contributed by atoms with Crippen LogP contribution < -0.4 is 15.0 Å². The van der Waals surface area contributed by atoms with E-state index in [1.54, 1.807) is 17.7 Å². The summed E-state index contributed by atoms with van der Waals surface area (Å²) in [6.07, 6.45) is 1.85. The van der Waals surface area contributed by atoms with Gasteiger partial charge in [0.05, 0.1) is 30.0 Å². The highest BCUT2D eigenvalue weighted by molar-refractivity contribution is 7.99. The van der Waals surface area contributed by atoms with Gasteiger partial charge in [0.1, 0.15) is 5.75 Å². The number of benzene rings is 3. The molecule has 5 rings (SSSR count). The van der Waals surface area contributed by atoms with Crippen LogP contribution in [0.3, 0.4) is 0 Å². The minimum absolute atomic E-state index is 0.0227. The lowest BCUT2D eigenvalue weighted by Crippen LogP contribution is -2.36. The molecular weight excluding hydrogens is 532 g/mol. The monoisotopic (exact) mass is 558 g/mol. The number of rotatable bonds is 9. The Balaban J connectivity index is 1.36. The number of nitrogens with one attached hydrogen (secondary N) is 1. The van der Waals surface area contributed by atoms with E-state index in [9.17, 15) is 19.7 Å². The summed E-state index contributed by atoms with van der Waals surface area (Å²) in [4.78, 5) is 38.2. The average molecular weight is 559 g/mol. The Kier molecular flexibility index (Phi) is 8.06. The van der Waals surface area contributed by atoms with Gasteiger partial charge in [-0.3, -0.25) is 24.3 Å². The van der Waals surface area contributed by atoms with Gasteiger partial charge in [-0.05, 0) is 48.7 Å². The van der Waals surface area contributed by atoms with Crippen LogP contribution in [0.25, 0.3) is 5.69 Å². The van der Waals surface area contributed by atoms with Crippen LogP contribution in [0.4, 0.5) is 11.4 Å². The van der Waals surface area contributed by atoms with Crippen molar-refractivity contribution in [3.05, 3.63) is 99.9 Å². The number of hydrogen-bond acceptors (Lipinski definition) is 8. The number of fused-ring (bicyclic) bond motifs is 1. The highest BCUT2D eigenvalue weighted by atomic mass is 32.2. The molecule has 2 amide bonds. The molecule has 0 saturated carbocycles. The third-order valence-corrected chi connectivity index (χ3v) is 7.42. The fourth-order valence-corrected chi connectivity index (χ4v) is 5.40. The molecule has 0 fully saturated rings. The molecule has 0 bridgehead atoms. The van der Waals surface area contributed by atoms with Crippen LogP contribution in [0.1, 0.15) is 28.2 Å². The molecule has 3 aromatic carbocycles. The molecule has 4 aromatic rings. The maximum absolute atomic E-state index is 13.3. The number of nitrogens with zero attached hydrogens (tertiary/aromatic N) is 5. The summed E-state index contributed by atoms with van der Waals surface area (Å²) in [6.45, 7) is 0.685. The quantitative estimate of drug-likeness (QED) is 0.184. The number of carbonyl (C=O) groups is 2. The maximum atomic E-state index is 13.3. The van der Waals surface area contributed by atoms with E-state index < -0.39 is 10.8 Å². The van der Waals surface area contributed by atoms with Crippen molar-refractivity contribution in [3.63, 3.8) is 0 Å². The number of anilines is 1. The minimum Gasteiger partial charge on any atom is -0.495 e. The van der Waals surface area contributed by atoms with E-state index in [-0.39, 0.29) is 29.5 Å². The lowest BCUT2D eigenvalue weighted by atomic mass is 10.0. The number of para-hydroxylation sites is 3. The molecule has 12 heteroatoms. The zero-order valence-electron chi connectivity index (χ0n) is 21.6. The van der Waals surface area contributed by atoms with Gasteiger partial charge in [-0.1, -0.05) is 42.1 Å². The molecule has 0 radical (unpaired) electrons. The summed E-state index contributed by atoms with van der Waals surface area (Å²) in [5.41, 5.74) is 2.94. The third-order valence-electron chi connectivity index (χ3n) is 6.51. The SMILES string of the molecule is COc1ccccc1-n1c(CNC(=O)c2ccc([N+](=O)[O-])cc2)nnc1SCC(=O)N1CCCc2ccccc21. The molecule has 11 nitrogen and oxygen atoms in total. The predicted octanol–water partition coefficient (Wildman–Crippen LogP) is 4.19. The standard InChI is InChI=1S/C28H26N6O5S/c1-39-24-11-5-4-10-23(24)33-25(17-29-27(36)20-12-14-21(15-13-20)34(37)38)30-31-28(33)40-18-26(35)32-16-6-8-19-7-2-3-9-22(19)32/h2-5,7,9-15H,6,8,16-18H2,1H3,(H,29,36). The molecule has 40 heavy (non-hydrogen) atoms. The van der Waals surface area contributed by atoms with Gasteiger partial charge in [-0.25, -0.2) is 0 Å².